The average Bonchev–Trinajstić information content (AvgIpc) is 2.87. The molecule has 0 amide bonds. The molecule has 2 aromatic rings. The van der Waals surface area contributed by atoms with E-state index in [1.54, 1.807) is 0 Å². The molecule has 0 unspecified atom stereocenters. The number of hydrogen-bond donors (Lipinski definition) is 1. The van der Waals surface area contributed by atoms with E-state index >= 15 is 0 Å². The van der Waals surface area contributed by atoms with Crippen LogP contribution in [0, 0.1) is 0 Å². The highest BCUT2D eigenvalue weighted by Gasteiger charge is 2.31. The van der Waals surface area contributed by atoms with Gasteiger partial charge in [0.2, 0.25) is 11.8 Å². The normalized spacial score (nSPS) is 11.9. The van der Waals surface area contributed by atoms with E-state index in [4.69, 9.17) is 4.42 Å². The van der Waals surface area contributed by atoms with E-state index in [2.05, 4.69) is 31.4 Å². The maximum atomic E-state index is 12.7. The summed E-state index contributed by atoms with van der Waals surface area (Å²) in [5.41, 5.74) is -0.521. The molecule has 0 aliphatic rings. The number of rotatable bonds is 5. The van der Waals surface area contributed by atoms with Crippen molar-refractivity contribution in [1.29, 1.82) is 0 Å². The molecule has 1 aromatic carbocycles. The van der Waals surface area contributed by atoms with Crippen LogP contribution in [-0.2, 0) is 12.6 Å². The van der Waals surface area contributed by atoms with Crippen molar-refractivity contribution >= 4 is 15.9 Å². The highest BCUT2D eigenvalue weighted by atomic mass is 79.9. The minimum atomic E-state index is -4.41. The van der Waals surface area contributed by atoms with E-state index in [9.17, 15) is 13.2 Å². The molecule has 0 bridgehead atoms. The Labute approximate surface area is 127 Å². The lowest BCUT2D eigenvalue weighted by atomic mass is 10.1. The Morgan fingerprint density at radius 1 is 1.29 bits per heavy atom. The van der Waals surface area contributed by atoms with Gasteiger partial charge in [0.1, 0.15) is 0 Å². The van der Waals surface area contributed by atoms with Gasteiger partial charge in [-0.1, -0.05) is 0 Å². The Morgan fingerprint density at radius 3 is 2.71 bits per heavy atom. The van der Waals surface area contributed by atoms with E-state index in [0.29, 0.717) is 16.8 Å². The molecule has 0 radical (unpaired) electrons. The SMILES string of the molecule is CNCCCc1nnc(-c2cc(C(F)(F)F)ccc2Br)o1. The van der Waals surface area contributed by atoms with Crippen LogP contribution in [0.15, 0.2) is 27.1 Å². The molecule has 0 saturated heterocycles. The Kier molecular flexibility index (Phi) is 5.00. The van der Waals surface area contributed by atoms with Gasteiger partial charge in [0.05, 0.1) is 11.1 Å². The second-order valence-corrected chi connectivity index (χ2v) is 5.25. The van der Waals surface area contributed by atoms with E-state index in [1.165, 1.54) is 6.07 Å². The van der Waals surface area contributed by atoms with Crippen molar-refractivity contribution in [3.63, 3.8) is 0 Å². The summed E-state index contributed by atoms with van der Waals surface area (Å²) in [5.74, 6) is 0.483. The molecule has 21 heavy (non-hydrogen) atoms. The molecule has 2 rings (SSSR count). The van der Waals surface area contributed by atoms with Gasteiger partial charge in [-0.25, -0.2) is 0 Å². The van der Waals surface area contributed by atoms with Crippen LogP contribution >= 0.6 is 15.9 Å². The van der Waals surface area contributed by atoms with Gasteiger partial charge in [0.25, 0.3) is 0 Å². The van der Waals surface area contributed by atoms with Gasteiger partial charge in [-0.15, -0.1) is 10.2 Å². The fraction of sp³-hybridized carbons (Fsp3) is 0.385. The summed E-state index contributed by atoms with van der Waals surface area (Å²) in [5, 5.41) is 10.7. The smallest absolute Gasteiger partial charge is 0.416 e. The van der Waals surface area contributed by atoms with Crippen molar-refractivity contribution in [3.05, 3.63) is 34.1 Å². The van der Waals surface area contributed by atoms with Gasteiger partial charge in [0.15, 0.2) is 0 Å². The van der Waals surface area contributed by atoms with E-state index < -0.39 is 11.7 Å². The van der Waals surface area contributed by atoms with Crippen LogP contribution in [0.3, 0.4) is 0 Å². The van der Waals surface area contributed by atoms with Gasteiger partial charge in [-0.05, 0) is 54.1 Å². The van der Waals surface area contributed by atoms with Gasteiger partial charge >= 0.3 is 6.18 Å². The lowest BCUT2D eigenvalue weighted by Crippen LogP contribution is -2.08. The lowest BCUT2D eigenvalue weighted by molar-refractivity contribution is -0.137. The van der Waals surface area contributed by atoms with Crippen LogP contribution in [0.2, 0.25) is 0 Å². The molecular weight excluding hydrogens is 351 g/mol. The van der Waals surface area contributed by atoms with E-state index in [-0.39, 0.29) is 11.5 Å². The van der Waals surface area contributed by atoms with Crippen molar-refractivity contribution in [2.45, 2.75) is 19.0 Å². The number of aromatic nitrogens is 2. The van der Waals surface area contributed by atoms with Crippen molar-refractivity contribution in [2.24, 2.45) is 0 Å². The molecule has 114 valence electrons. The first-order valence-corrected chi connectivity index (χ1v) is 7.05. The third-order valence-electron chi connectivity index (χ3n) is 2.81. The number of nitrogens with zero attached hydrogens (tertiary/aromatic N) is 2. The van der Waals surface area contributed by atoms with Gasteiger partial charge in [0, 0.05) is 10.9 Å². The number of hydrogen-bond acceptors (Lipinski definition) is 4. The summed E-state index contributed by atoms with van der Waals surface area (Å²) in [6.07, 6.45) is -3.03. The zero-order valence-corrected chi connectivity index (χ0v) is 12.8. The molecule has 0 spiro atoms. The minimum Gasteiger partial charge on any atom is -0.421 e. The second-order valence-electron chi connectivity index (χ2n) is 4.40. The molecule has 0 aliphatic heterocycles. The zero-order chi connectivity index (χ0) is 15.5. The van der Waals surface area contributed by atoms with E-state index in [0.717, 1.165) is 25.1 Å². The van der Waals surface area contributed by atoms with Gasteiger partial charge in [-0.3, -0.25) is 0 Å². The fourth-order valence-electron chi connectivity index (χ4n) is 1.75. The fourth-order valence-corrected chi connectivity index (χ4v) is 2.16. The van der Waals surface area contributed by atoms with Crippen molar-refractivity contribution < 1.29 is 17.6 Å². The topological polar surface area (TPSA) is 51.0 Å². The number of halogens is 4. The number of aryl methyl sites for hydroxylation is 1. The average molecular weight is 364 g/mol. The highest BCUT2D eigenvalue weighted by Crippen LogP contribution is 2.35. The van der Waals surface area contributed by atoms with E-state index in [1.807, 2.05) is 7.05 Å². The Morgan fingerprint density at radius 2 is 2.05 bits per heavy atom. The number of benzene rings is 1. The predicted octanol–water partition coefficient (Wildman–Crippen LogP) is 3.67. The largest absolute Gasteiger partial charge is 0.421 e. The molecule has 1 N–H and O–H groups in total. The molecule has 8 heteroatoms. The molecule has 0 atom stereocenters. The molecule has 0 aliphatic carbocycles. The number of nitrogens with one attached hydrogen (secondary N) is 1. The van der Waals surface area contributed by atoms with Crippen LogP contribution in [0.4, 0.5) is 13.2 Å². The first-order chi connectivity index (χ1) is 9.91. The summed E-state index contributed by atoms with van der Waals surface area (Å²) in [6, 6.07) is 3.32. The van der Waals surface area contributed by atoms with Crippen LogP contribution < -0.4 is 5.32 Å². The Balaban J connectivity index is 2.25. The van der Waals surface area contributed by atoms with Crippen molar-refractivity contribution in [3.8, 4) is 11.5 Å². The lowest BCUT2D eigenvalue weighted by Gasteiger charge is -2.08. The molecule has 0 fully saturated rings. The van der Waals surface area contributed by atoms with Crippen LogP contribution in [-0.4, -0.2) is 23.8 Å². The molecular formula is C13H13BrF3N3O. The predicted molar refractivity (Wildman–Crippen MR) is 74.7 cm³/mol. The first kappa shape index (κ1) is 16.0. The third-order valence-corrected chi connectivity index (χ3v) is 3.50. The maximum absolute atomic E-state index is 12.7. The molecule has 4 nitrogen and oxygen atoms in total. The molecule has 0 saturated carbocycles. The van der Waals surface area contributed by atoms with Crippen LogP contribution in [0.1, 0.15) is 17.9 Å². The van der Waals surface area contributed by atoms with Crippen LogP contribution in [0.5, 0.6) is 0 Å². The van der Waals surface area contributed by atoms with Crippen molar-refractivity contribution in [1.82, 2.24) is 15.5 Å². The van der Waals surface area contributed by atoms with Crippen LogP contribution in [0.25, 0.3) is 11.5 Å². The standard InChI is InChI=1S/C13H13BrF3N3O/c1-18-6-2-3-11-19-20-12(21-11)9-7-8(13(15,16)17)4-5-10(9)14/h4-5,7,18H,2-3,6H2,1H3. The third kappa shape index (κ3) is 4.04. The molecule has 1 heterocycles. The Bertz CT molecular complexity index is 613. The maximum Gasteiger partial charge on any atom is 0.416 e. The zero-order valence-electron chi connectivity index (χ0n) is 11.2. The molecule has 1 aromatic heterocycles. The van der Waals surface area contributed by atoms with Crippen molar-refractivity contribution in [2.75, 3.05) is 13.6 Å². The monoisotopic (exact) mass is 363 g/mol. The summed E-state index contributed by atoms with van der Waals surface area (Å²) in [4.78, 5) is 0. The van der Waals surface area contributed by atoms with Gasteiger partial charge < -0.3 is 9.73 Å². The number of alkyl halides is 3. The summed E-state index contributed by atoms with van der Waals surface area (Å²) < 4.78 is 44.1. The quantitative estimate of drug-likeness (QED) is 0.823. The van der Waals surface area contributed by atoms with Gasteiger partial charge in [-0.2, -0.15) is 13.2 Å². The Hall–Kier alpha value is -1.41. The minimum absolute atomic E-state index is 0.0763. The summed E-state index contributed by atoms with van der Waals surface area (Å²) in [6.45, 7) is 0.797. The first-order valence-electron chi connectivity index (χ1n) is 6.26. The highest BCUT2D eigenvalue weighted by molar-refractivity contribution is 9.10. The summed E-state index contributed by atoms with van der Waals surface area (Å²) in [7, 11) is 1.83. The summed E-state index contributed by atoms with van der Waals surface area (Å²) >= 11 is 3.20. The second kappa shape index (κ2) is 6.57.